The summed E-state index contributed by atoms with van der Waals surface area (Å²) in [6.45, 7) is 2.31. The fraction of sp³-hybridized carbons (Fsp3) is 0.500. The van der Waals surface area contributed by atoms with Crippen LogP contribution in [0.4, 0.5) is 18.9 Å². The molecule has 0 atom stereocenters. The Morgan fingerprint density at radius 1 is 1.12 bits per heavy atom. The van der Waals surface area contributed by atoms with Crippen molar-refractivity contribution in [1.82, 2.24) is 9.80 Å². The van der Waals surface area contributed by atoms with Gasteiger partial charge in [-0.3, -0.25) is 14.5 Å². The van der Waals surface area contributed by atoms with E-state index >= 15 is 0 Å². The van der Waals surface area contributed by atoms with E-state index in [0.717, 1.165) is 12.1 Å². The molecule has 1 aromatic carbocycles. The first-order valence-electron chi connectivity index (χ1n) is 7.91. The average Bonchev–Trinajstić information content (AvgIpc) is 2.56. The minimum absolute atomic E-state index is 0.0362. The van der Waals surface area contributed by atoms with E-state index in [9.17, 15) is 22.8 Å². The van der Waals surface area contributed by atoms with E-state index in [0.29, 0.717) is 31.9 Å². The Bertz CT molecular complexity index is 614. The molecule has 1 saturated heterocycles. The number of methoxy groups -OCH3 is 1. The first-order chi connectivity index (χ1) is 12.3. The van der Waals surface area contributed by atoms with Gasteiger partial charge < -0.3 is 19.7 Å². The lowest BCUT2D eigenvalue weighted by molar-refractivity contribution is -0.274. The number of benzene rings is 1. The minimum Gasteiger partial charge on any atom is -0.406 e. The third kappa shape index (κ3) is 6.52. The number of piperazine rings is 1. The standard InChI is InChI=1S/C16H20F3N3O4/c1-25-11-15(24)22-8-6-21(7-9-22)10-14(23)20-12-2-4-13(5-3-12)26-16(17,18)19/h2-5H,6-11H2,1H3,(H,20,23). The second-order valence-electron chi connectivity index (χ2n) is 5.71. The Balaban J connectivity index is 1.76. The highest BCUT2D eigenvalue weighted by Gasteiger charge is 2.31. The summed E-state index contributed by atoms with van der Waals surface area (Å²) in [6.07, 6.45) is -4.75. The number of nitrogens with zero attached hydrogens (tertiary/aromatic N) is 2. The van der Waals surface area contributed by atoms with E-state index < -0.39 is 6.36 Å². The molecule has 0 unspecified atom stereocenters. The highest BCUT2D eigenvalue weighted by atomic mass is 19.4. The van der Waals surface area contributed by atoms with Gasteiger partial charge in [0.25, 0.3) is 0 Å². The van der Waals surface area contributed by atoms with Crippen LogP contribution in [0.15, 0.2) is 24.3 Å². The fourth-order valence-electron chi connectivity index (χ4n) is 2.51. The molecule has 1 N–H and O–H groups in total. The van der Waals surface area contributed by atoms with Gasteiger partial charge in [-0.25, -0.2) is 0 Å². The van der Waals surface area contributed by atoms with Gasteiger partial charge in [-0.2, -0.15) is 0 Å². The molecule has 0 saturated carbocycles. The molecule has 0 radical (unpaired) electrons. The van der Waals surface area contributed by atoms with E-state index in [1.54, 1.807) is 4.90 Å². The zero-order valence-corrected chi connectivity index (χ0v) is 14.2. The SMILES string of the molecule is COCC(=O)N1CCN(CC(=O)Nc2ccc(OC(F)(F)F)cc2)CC1. The fourth-order valence-corrected chi connectivity index (χ4v) is 2.51. The molecular weight excluding hydrogens is 355 g/mol. The van der Waals surface area contributed by atoms with E-state index in [1.807, 2.05) is 4.90 Å². The number of nitrogens with one attached hydrogen (secondary N) is 1. The number of alkyl halides is 3. The van der Waals surface area contributed by atoms with Crippen LogP contribution in [0, 0.1) is 0 Å². The van der Waals surface area contributed by atoms with Crippen molar-refractivity contribution in [3.8, 4) is 5.75 Å². The molecule has 0 bridgehead atoms. The summed E-state index contributed by atoms with van der Waals surface area (Å²) in [5.41, 5.74) is 0.374. The molecule has 1 fully saturated rings. The number of hydrogen-bond donors (Lipinski definition) is 1. The van der Waals surface area contributed by atoms with E-state index in [4.69, 9.17) is 4.74 Å². The molecule has 7 nitrogen and oxygen atoms in total. The number of rotatable bonds is 6. The third-order valence-corrected chi connectivity index (χ3v) is 3.73. The largest absolute Gasteiger partial charge is 0.573 e. The maximum Gasteiger partial charge on any atom is 0.573 e. The molecule has 1 heterocycles. The second kappa shape index (κ2) is 8.86. The van der Waals surface area contributed by atoms with Crippen LogP contribution < -0.4 is 10.1 Å². The van der Waals surface area contributed by atoms with Crippen molar-refractivity contribution >= 4 is 17.5 Å². The minimum atomic E-state index is -4.75. The van der Waals surface area contributed by atoms with Gasteiger partial charge in [0.05, 0.1) is 6.54 Å². The van der Waals surface area contributed by atoms with Crippen LogP contribution in [0.2, 0.25) is 0 Å². The number of amides is 2. The number of halogens is 3. The lowest BCUT2D eigenvalue weighted by atomic mass is 10.3. The van der Waals surface area contributed by atoms with Gasteiger partial charge in [-0.1, -0.05) is 0 Å². The van der Waals surface area contributed by atoms with Crippen LogP contribution in [0.25, 0.3) is 0 Å². The quantitative estimate of drug-likeness (QED) is 0.812. The first kappa shape index (κ1) is 20.0. The van der Waals surface area contributed by atoms with Crippen molar-refractivity contribution < 1.29 is 32.2 Å². The number of ether oxygens (including phenoxy) is 2. The molecule has 1 aliphatic rings. The molecule has 2 rings (SSSR count). The highest BCUT2D eigenvalue weighted by Crippen LogP contribution is 2.23. The van der Waals surface area contributed by atoms with Crippen molar-refractivity contribution in [2.45, 2.75) is 6.36 Å². The van der Waals surface area contributed by atoms with Crippen LogP contribution in [0.1, 0.15) is 0 Å². The molecule has 144 valence electrons. The summed E-state index contributed by atoms with van der Waals surface area (Å²) in [5.74, 6) is -0.726. The predicted molar refractivity (Wildman–Crippen MR) is 86.7 cm³/mol. The third-order valence-electron chi connectivity index (χ3n) is 3.73. The zero-order chi connectivity index (χ0) is 19.2. The van der Waals surface area contributed by atoms with Crippen LogP contribution in [-0.2, 0) is 14.3 Å². The molecule has 1 aliphatic heterocycles. The molecule has 0 aromatic heterocycles. The monoisotopic (exact) mass is 375 g/mol. The maximum atomic E-state index is 12.1. The van der Waals surface area contributed by atoms with Gasteiger partial charge in [0.15, 0.2) is 0 Å². The van der Waals surface area contributed by atoms with E-state index in [2.05, 4.69) is 10.1 Å². The maximum absolute atomic E-state index is 12.1. The zero-order valence-electron chi connectivity index (χ0n) is 14.2. The summed E-state index contributed by atoms with van der Waals surface area (Å²) in [5, 5.41) is 2.62. The lowest BCUT2D eigenvalue weighted by Crippen LogP contribution is -2.51. The van der Waals surface area contributed by atoms with Gasteiger partial charge >= 0.3 is 6.36 Å². The number of carbonyl (C=O) groups is 2. The van der Waals surface area contributed by atoms with Gasteiger partial charge in [-0.15, -0.1) is 13.2 Å². The van der Waals surface area contributed by atoms with Crippen LogP contribution in [0.5, 0.6) is 5.75 Å². The predicted octanol–water partition coefficient (Wildman–Crippen LogP) is 1.31. The molecular formula is C16H20F3N3O4. The molecule has 0 aliphatic carbocycles. The van der Waals surface area contributed by atoms with Crippen molar-refractivity contribution in [3.63, 3.8) is 0 Å². The Morgan fingerprint density at radius 3 is 2.27 bits per heavy atom. The Hall–Kier alpha value is -2.33. The Morgan fingerprint density at radius 2 is 1.73 bits per heavy atom. The Kier molecular flexibility index (Phi) is 6.81. The van der Waals surface area contributed by atoms with Crippen molar-refractivity contribution in [2.24, 2.45) is 0 Å². The van der Waals surface area contributed by atoms with Gasteiger partial charge in [0.2, 0.25) is 11.8 Å². The number of anilines is 1. The van der Waals surface area contributed by atoms with Gasteiger partial charge in [0.1, 0.15) is 12.4 Å². The van der Waals surface area contributed by atoms with Crippen LogP contribution in [0.3, 0.4) is 0 Å². The van der Waals surface area contributed by atoms with E-state index in [-0.39, 0.29) is 30.7 Å². The summed E-state index contributed by atoms with van der Waals surface area (Å²) in [6, 6.07) is 4.92. The molecule has 10 heteroatoms. The van der Waals surface area contributed by atoms with Crippen molar-refractivity contribution in [2.75, 3.05) is 51.8 Å². The van der Waals surface area contributed by atoms with Gasteiger partial charge in [0, 0.05) is 39.0 Å². The summed E-state index contributed by atoms with van der Waals surface area (Å²) in [4.78, 5) is 27.3. The number of hydrogen-bond acceptors (Lipinski definition) is 5. The smallest absolute Gasteiger partial charge is 0.406 e. The summed E-state index contributed by atoms with van der Waals surface area (Å²) < 4.78 is 44.9. The van der Waals surface area contributed by atoms with E-state index in [1.165, 1.54) is 19.2 Å². The lowest BCUT2D eigenvalue weighted by Gasteiger charge is -2.34. The van der Waals surface area contributed by atoms with Crippen LogP contribution >= 0.6 is 0 Å². The highest BCUT2D eigenvalue weighted by molar-refractivity contribution is 5.92. The Labute approximate surface area is 148 Å². The summed E-state index contributed by atoms with van der Waals surface area (Å²) in [7, 11) is 1.46. The second-order valence-corrected chi connectivity index (χ2v) is 5.71. The normalized spacial score (nSPS) is 15.6. The molecule has 1 aromatic rings. The molecule has 2 amide bonds. The average molecular weight is 375 g/mol. The number of carbonyl (C=O) groups excluding carboxylic acids is 2. The van der Waals surface area contributed by atoms with Crippen LogP contribution in [-0.4, -0.2) is 74.4 Å². The first-order valence-corrected chi connectivity index (χ1v) is 7.91. The summed E-state index contributed by atoms with van der Waals surface area (Å²) >= 11 is 0. The van der Waals surface area contributed by atoms with Crippen molar-refractivity contribution in [1.29, 1.82) is 0 Å². The topological polar surface area (TPSA) is 71.1 Å². The molecule has 0 spiro atoms. The van der Waals surface area contributed by atoms with Gasteiger partial charge in [-0.05, 0) is 24.3 Å². The molecule has 26 heavy (non-hydrogen) atoms. The van der Waals surface area contributed by atoms with Crippen molar-refractivity contribution in [3.05, 3.63) is 24.3 Å².